The molecule has 0 aromatic rings. The summed E-state index contributed by atoms with van der Waals surface area (Å²) in [5.41, 5.74) is 1.26. The predicted octanol–water partition coefficient (Wildman–Crippen LogP) is 0.277. The van der Waals surface area contributed by atoms with Crippen molar-refractivity contribution in [1.29, 1.82) is 0 Å². The fourth-order valence-electron chi connectivity index (χ4n) is 1.55. The summed E-state index contributed by atoms with van der Waals surface area (Å²) >= 11 is 0. The zero-order valence-electron chi connectivity index (χ0n) is 6.30. The van der Waals surface area contributed by atoms with E-state index in [2.05, 4.69) is 10.6 Å². The summed E-state index contributed by atoms with van der Waals surface area (Å²) in [5, 5.41) is 15.6. The number of aliphatic hydroxyl groups is 1. The van der Waals surface area contributed by atoms with Crippen molar-refractivity contribution in [2.24, 2.45) is 0 Å². The third kappa shape index (κ3) is 1.24. The molecular formula is C8H12N2O. The Morgan fingerprint density at radius 1 is 1.55 bits per heavy atom. The monoisotopic (exact) mass is 152 g/mol. The number of nitrogens with one attached hydrogen (secondary N) is 2. The highest BCUT2D eigenvalue weighted by molar-refractivity contribution is 5.28. The van der Waals surface area contributed by atoms with E-state index in [4.69, 9.17) is 5.11 Å². The van der Waals surface area contributed by atoms with Crippen molar-refractivity contribution in [3.63, 3.8) is 0 Å². The van der Waals surface area contributed by atoms with Gasteiger partial charge in [-0.25, -0.2) is 0 Å². The van der Waals surface area contributed by atoms with Gasteiger partial charge >= 0.3 is 0 Å². The molecule has 2 heterocycles. The van der Waals surface area contributed by atoms with Crippen LogP contribution in [0.4, 0.5) is 0 Å². The van der Waals surface area contributed by atoms with Crippen LogP contribution in [0.25, 0.3) is 0 Å². The molecule has 3 N–H and O–H groups in total. The zero-order valence-corrected chi connectivity index (χ0v) is 6.30. The number of hydrogen-bond acceptors (Lipinski definition) is 3. The molecule has 0 aromatic heterocycles. The molecule has 1 atom stereocenters. The molecule has 0 aromatic carbocycles. The van der Waals surface area contributed by atoms with E-state index in [-0.39, 0.29) is 0 Å². The Kier molecular flexibility index (Phi) is 1.58. The average molecular weight is 152 g/mol. The molecule has 60 valence electrons. The van der Waals surface area contributed by atoms with Crippen molar-refractivity contribution in [3.05, 3.63) is 23.6 Å². The second kappa shape index (κ2) is 2.58. The molecule has 2 aliphatic heterocycles. The molecule has 2 rings (SSSR count). The third-order valence-corrected chi connectivity index (χ3v) is 2.15. The third-order valence-electron chi connectivity index (χ3n) is 2.15. The van der Waals surface area contributed by atoms with E-state index < -0.39 is 0 Å². The quantitative estimate of drug-likeness (QED) is 0.467. The topological polar surface area (TPSA) is 44.3 Å². The number of hydrogen-bond donors (Lipinski definition) is 3. The Morgan fingerprint density at radius 2 is 2.45 bits per heavy atom. The molecule has 0 spiro atoms. The summed E-state index contributed by atoms with van der Waals surface area (Å²) in [6.45, 7) is 1.96. The van der Waals surface area contributed by atoms with Crippen molar-refractivity contribution in [2.45, 2.75) is 12.5 Å². The van der Waals surface area contributed by atoms with E-state index in [1.807, 2.05) is 6.08 Å². The SMILES string of the molecule is OC1=CNC2CCNCC2=C1. The van der Waals surface area contributed by atoms with E-state index in [1.54, 1.807) is 6.20 Å². The number of fused-ring (bicyclic) bond motifs is 1. The van der Waals surface area contributed by atoms with Crippen molar-refractivity contribution >= 4 is 0 Å². The highest BCUT2D eigenvalue weighted by Gasteiger charge is 2.19. The van der Waals surface area contributed by atoms with Crippen LogP contribution in [0.1, 0.15) is 6.42 Å². The smallest absolute Gasteiger partial charge is 0.131 e. The summed E-state index contributed by atoms with van der Waals surface area (Å²) < 4.78 is 0. The Labute approximate surface area is 65.8 Å². The molecule has 0 bridgehead atoms. The first-order valence-electron chi connectivity index (χ1n) is 3.92. The molecule has 1 saturated heterocycles. The van der Waals surface area contributed by atoms with Crippen LogP contribution < -0.4 is 10.6 Å². The second-order valence-electron chi connectivity index (χ2n) is 2.97. The van der Waals surface area contributed by atoms with Crippen LogP contribution in [-0.2, 0) is 0 Å². The van der Waals surface area contributed by atoms with Crippen LogP contribution in [0, 0.1) is 0 Å². The van der Waals surface area contributed by atoms with Gasteiger partial charge in [-0.1, -0.05) is 0 Å². The Hall–Kier alpha value is -0.960. The Morgan fingerprint density at radius 3 is 3.36 bits per heavy atom. The Bertz CT molecular complexity index is 220. The van der Waals surface area contributed by atoms with Gasteiger partial charge in [0.25, 0.3) is 0 Å². The molecule has 2 aliphatic rings. The second-order valence-corrected chi connectivity index (χ2v) is 2.97. The Balaban J connectivity index is 2.17. The van der Waals surface area contributed by atoms with Gasteiger partial charge in [-0.2, -0.15) is 0 Å². The zero-order chi connectivity index (χ0) is 7.68. The maximum absolute atomic E-state index is 9.14. The first kappa shape index (κ1) is 6.73. The van der Waals surface area contributed by atoms with Crippen LogP contribution >= 0.6 is 0 Å². The summed E-state index contributed by atoms with van der Waals surface area (Å²) in [4.78, 5) is 0. The molecule has 0 radical (unpaired) electrons. The van der Waals surface area contributed by atoms with Gasteiger partial charge in [-0.3, -0.25) is 0 Å². The molecule has 1 unspecified atom stereocenters. The van der Waals surface area contributed by atoms with Gasteiger partial charge in [0.2, 0.25) is 0 Å². The lowest BCUT2D eigenvalue weighted by molar-refractivity contribution is 0.405. The van der Waals surface area contributed by atoms with E-state index >= 15 is 0 Å². The van der Waals surface area contributed by atoms with Gasteiger partial charge in [0.05, 0.1) is 0 Å². The van der Waals surface area contributed by atoms with Crippen LogP contribution in [-0.4, -0.2) is 24.2 Å². The molecule has 0 saturated carbocycles. The van der Waals surface area contributed by atoms with Crippen LogP contribution in [0.3, 0.4) is 0 Å². The average Bonchev–Trinajstić information content (AvgIpc) is 2.04. The normalized spacial score (nSPS) is 29.6. The molecule has 11 heavy (non-hydrogen) atoms. The molecule has 1 fully saturated rings. The summed E-state index contributed by atoms with van der Waals surface area (Å²) in [6, 6.07) is 0.451. The van der Waals surface area contributed by atoms with Gasteiger partial charge < -0.3 is 15.7 Å². The van der Waals surface area contributed by atoms with Crippen molar-refractivity contribution < 1.29 is 5.11 Å². The van der Waals surface area contributed by atoms with Gasteiger partial charge in [-0.15, -0.1) is 0 Å². The number of allylic oxidation sites excluding steroid dienone is 1. The van der Waals surface area contributed by atoms with Gasteiger partial charge in [0.15, 0.2) is 0 Å². The first-order valence-corrected chi connectivity index (χ1v) is 3.92. The summed E-state index contributed by atoms with van der Waals surface area (Å²) in [5.74, 6) is 0.333. The minimum atomic E-state index is 0.333. The largest absolute Gasteiger partial charge is 0.506 e. The molecular weight excluding hydrogens is 140 g/mol. The van der Waals surface area contributed by atoms with Gasteiger partial charge in [-0.05, 0) is 24.6 Å². The molecule has 3 heteroatoms. The van der Waals surface area contributed by atoms with Crippen LogP contribution in [0.2, 0.25) is 0 Å². The van der Waals surface area contributed by atoms with Gasteiger partial charge in [0.1, 0.15) is 5.76 Å². The van der Waals surface area contributed by atoms with Crippen molar-refractivity contribution in [2.75, 3.05) is 13.1 Å². The standard InChI is InChI=1S/C8H12N2O/c11-7-3-6-4-9-2-1-8(6)10-5-7/h3,5,8-11H,1-2,4H2. The number of dihydropyridines is 1. The molecule has 0 aliphatic carbocycles. The summed E-state index contributed by atoms with van der Waals surface area (Å²) in [7, 11) is 0. The minimum absolute atomic E-state index is 0.333. The lowest BCUT2D eigenvalue weighted by Gasteiger charge is -2.28. The van der Waals surface area contributed by atoms with Crippen LogP contribution in [0.15, 0.2) is 23.6 Å². The van der Waals surface area contributed by atoms with E-state index in [0.29, 0.717) is 11.8 Å². The fraction of sp³-hybridized carbons (Fsp3) is 0.500. The van der Waals surface area contributed by atoms with E-state index in [0.717, 1.165) is 19.5 Å². The molecule has 3 nitrogen and oxygen atoms in total. The van der Waals surface area contributed by atoms with E-state index in [9.17, 15) is 0 Å². The van der Waals surface area contributed by atoms with Crippen LogP contribution in [0.5, 0.6) is 0 Å². The van der Waals surface area contributed by atoms with Crippen molar-refractivity contribution in [1.82, 2.24) is 10.6 Å². The maximum Gasteiger partial charge on any atom is 0.131 e. The highest BCUT2D eigenvalue weighted by atomic mass is 16.3. The first-order chi connectivity index (χ1) is 5.36. The highest BCUT2D eigenvalue weighted by Crippen LogP contribution is 2.15. The maximum atomic E-state index is 9.14. The van der Waals surface area contributed by atoms with Crippen molar-refractivity contribution in [3.8, 4) is 0 Å². The lowest BCUT2D eigenvalue weighted by atomic mass is 9.98. The molecule has 0 amide bonds. The number of rotatable bonds is 0. The fourth-order valence-corrected chi connectivity index (χ4v) is 1.55. The van der Waals surface area contributed by atoms with Gasteiger partial charge in [0, 0.05) is 18.8 Å². The van der Waals surface area contributed by atoms with E-state index in [1.165, 1.54) is 5.57 Å². The number of aliphatic hydroxyl groups excluding tert-OH is 1. The number of piperidine rings is 1. The lowest BCUT2D eigenvalue weighted by Crippen LogP contribution is -2.41. The minimum Gasteiger partial charge on any atom is -0.506 e. The predicted molar refractivity (Wildman–Crippen MR) is 43.2 cm³/mol. The summed E-state index contributed by atoms with van der Waals surface area (Å²) in [6.07, 6.45) is 4.61.